The molecule has 0 aromatic heterocycles. The molecule has 0 bridgehead atoms. The maximum Gasteiger partial charge on any atom is 0.264 e. The lowest BCUT2D eigenvalue weighted by atomic mass is 10.0. The van der Waals surface area contributed by atoms with Gasteiger partial charge in [-0.2, -0.15) is 0 Å². The van der Waals surface area contributed by atoms with Gasteiger partial charge in [0, 0.05) is 24.5 Å². The summed E-state index contributed by atoms with van der Waals surface area (Å²) >= 11 is 6.59. The summed E-state index contributed by atoms with van der Waals surface area (Å²) in [6.45, 7) is 1.89. The van der Waals surface area contributed by atoms with Gasteiger partial charge < -0.3 is 15.0 Å². The number of unbranched alkanes of at least 4 members (excludes halogenated alkanes) is 1. The first-order valence-electron chi connectivity index (χ1n) is 16.5. The second-order valence-electron chi connectivity index (χ2n) is 11.7. The molecule has 5 aromatic carbocycles. The first kappa shape index (κ1) is 36.2. The van der Waals surface area contributed by atoms with Crippen molar-refractivity contribution in [3.05, 3.63) is 156 Å². The van der Waals surface area contributed by atoms with Crippen molar-refractivity contribution in [2.24, 2.45) is 0 Å². The van der Waals surface area contributed by atoms with Crippen LogP contribution in [0.5, 0.6) is 11.5 Å². The van der Waals surface area contributed by atoms with E-state index >= 15 is 0 Å². The Balaban J connectivity index is 1.54. The fourth-order valence-electron chi connectivity index (χ4n) is 5.42. The molecule has 1 atom stereocenters. The molecule has 0 heterocycles. The number of para-hydroxylation sites is 1. The van der Waals surface area contributed by atoms with E-state index in [2.05, 4.69) is 5.32 Å². The minimum absolute atomic E-state index is 0.0136. The van der Waals surface area contributed by atoms with Crippen LogP contribution in [0.3, 0.4) is 0 Å². The normalized spacial score (nSPS) is 11.7. The number of benzene rings is 5. The maximum atomic E-state index is 14.7. The Morgan fingerprint density at radius 1 is 0.760 bits per heavy atom. The average Bonchev–Trinajstić information content (AvgIpc) is 3.14. The summed E-state index contributed by atoms with van der Waals surface area (Å²) in [7, 11) is -4.24. The standard InChI is InChI=1S/C40H40ClN3O5S/c1-2-3-27-42-40(46)38(28-31-15-7-4-8-16-31)43(29-32-17-13-14-22-37(32)41)39(45)30-44(50(47,48)36-20-11-6-12-21-36)33-23-25-35(26-24-33)49-34-18-9-5-10-19-34/h4-26,38H,2-3,27-30H2,1H3,(H,42,46). The largest absolute Gasteiger partial charge is 0.457 e. The van der Waals surface area contributed by atoms with E-state index in [0.717, 1.165) is 22.7 Å². The molecule has 5 aromatic rings. The highest BCUT2D eigenvalue weighted by molar-refractivity contribution is 7.92. The molecule has 5 rings (SSSR count). The van der Waals surface area contributed by atoms with Crippen LogP contribution in [0.15, 0.2) is 144 Å². The van der Waals surface area contributed by atoms with Crippen molar-refractivity contribution in [3.8, 4) is 11.5 Å². The number of rotatable bonds is 16. The Hall–Kier alpha value is -5.12. The minimum Gasteiger partial charge on any atom is -0.457 e. The monoisotopic (exact) mass is 709 g/mol. The third-order valence-corrected chi connectivity index (χ3v) is 10.3. The van der Waals surface area contributed by atoms with E-state index in [9.17, 15) is 18.0 Å². The first-order valence-corrected chi connectivity index (χ1v) is 18.3. The fraction of sp³-hybridized carbons (Fsp3) is 0.200. The van der Waals surface area contributed by atoms with Crippen molar-refractivity contribution < 1.29 is 22.7 Å². The van der Waals surface area contributed by atoms with Gasteiger partial charge in [0.05, 0.1) is 10.6 Å². The summed E-state index contributed by atoms with van der Waals surface area (Å²) in [6.07, 6.45) is 1.87. The Morgan fingerprint density at radius 3 is 1.98 bits per heavy atom. The van der Waals surface area contributed by atoms with Crippen molar-refractivity contribution in [2.45, 2.75) is 43.7 Å². The lowest BCUT2D eigenvalue weighted by Gasteiger charge is -2.34. The van der Waals surface area contributed by atoms with Crippen LogP contribution in [-0.2, 0) is 32.6 Å². The van der Waals surface area contributed by atoms with Gasteiger partial charge in [-0.15, -0.1) is 0 Å². The van der Waals surface area contributed by atoms with Crippen molar-refractivity contribution in [1.82, 2.24) is 10.2 Å². The van der Waals surface area contributed by atoms with Gasteiger partial charge in [-0.25, -0.2) is 8.42 Å². The SMILES string of the molecule is CCCCNC(=O)C(Cc1ccccc1)N(Cc1ccccc1Cl)C(=O)CN(c1ccc(Oc2ccccc2)cc1)S(=O)(=O)c1ccccc1. The first-order chi connectivity index (χ1) is 24.3. The minimum atomic E-state index is -4.24. The summed E-state index contributed by atoms with van der Waals surface area (Å²) < 4.78 is 35.6. The number of amides is 2. The van der Waals surface area contributed by atoms with Gasteiger partial charge in [-0.05, 0) is 72.1 Å². The van der Waals surface area contributed by atoms with Gasteiger partial charge >= 0.3 is 0 Å². The van der Waals surface area contributed by atoms with E-state index in [1.807, 2.05) is 73.7 Å². The lowest BCUT2D eigenvalue weighted by molar-refractivity contribution is -0.140. The molecule has 0 fully saturated rings. The maximum absolute atomic E-state index is 14.7. The van der Waals surface area contributed by atoms with Gasteiger partial charge in [0.2, 0.25) is 11.8 Å². The van der Waals surface area contributed by atoms with E-state index in [-0.39, 0.29) is 29.5 Å². The summed E-state index contributed by atoms with van der Waals surface area (Å²) in [5, 5.41) is 3.42. The molecule has 0 aliphatic carbocycles. The quantitative estimate of drug-likeness (QED) is 0.105. The Kier molecular flexibility index (Phi) is 12.7. The number of hydrogen-bond acceptors (Lipinski definition) is 5. The number of anilines is 1. The Morgan fingerprint density at radius 2 is 1.34 bits per heavy atom. The number of carbonyl (C=O) groups is 2. The van der Waals surface area contributed by atoms with Crippen LogP contribution in [0.2, 0.25) is 5.02 Å². The Labute approximate surface area is 299 Å². The van der Waals surface area contributed by atoms with Gasteiger partial charge in [0.1, 0.15) is 24.1 Å². The smallest absolute Gasteiger partial charge is 0.264 e. The molecule has 2 amide bonds. The number of halogens is 1. The fourth-order valence-corrected chi connectivity index (χ4v) is 7.05. The van der Waals surface area contributed by atoms with E-state index in [0.29, 0.717) is 28.6 Å². The number of sulfonamides is 1. The van der Waals surface area contributed by atoms with Gasteiger partial charge in [0.25, 0.3) is 10.0 Å². The molecule has 1 unspecified atom stereocenters. The highest BCUT2D eigenvalue weighted by Gasteiger charge is 2.35. The molecule has 10 heteroatoms. The molecule has 0 aliphatic heterocycles. The summed E-state index contributed by atoms with van der Waals surface area (Å²) in [6, 6.07) is 39.3. The van der Waals surface area contributed by atoms with Crippen LogP contribution < -0.4 is 14.4 Å². The molecule has 0 aliphatic rings. The molecule has 0 saturated carbocycles. The molecule has 50 heavy (non-hydrogen) atoms. The van der Waals surface area contributed by atoms with Crippen LogP contribution in [-0.4, -0.2) is 44.3 Å². The van der Waals surface area contributed by atoms with Crippen molar-refractivity contribution >= 4 is 39.1 Å². The van der Waals surface area contributed by atoms with E-state index in [1.54, 1.807) is 60.7 Å². The molecule has 0 spiro atoms. The van der Waals surface area contributed by atoms with Crippen LogP contribution in [0, 0.1) is 0 Å². The topological polar surface area (TPSA) is 96.0 Å². The second kappa shape index (κ2) is 17.5. The zero-order valence-corrected chi connectivity index (χ0v) is 29.4. The van der Waals surface area contributed by atoms with Crippen LogP contribution in [0.1, 0.15) is 30.9 Å². The van der Waals surface area contributed by atoms with E-state index < -0.39 is 28.5 Å². The van der Waals surface area contributed by atoms with Crippen LogP contribution in [0.4, 0.5) is 5.69 Å². The lowest BCUT2D eigenvalue weighted by Crippen LogP contribution is -2.53. The number of ether oxygens (including phenoxy) is 1. The highest BCUT2D eigenvalue weighted by Crippen LogP contribution is 2.29. The zero-order valence-electron chi connectivity index (χ0n) is 27.8. The van der Waals surface area contributed by atoms with Gasteiger partial charge in [-0.1, -0.05) is 110 Å². The van der Waals surface area contributed by atoms with Crippen molar-refractivity contribution in [2.75, 3.05) is 17.4 Å². The average molecular weight is 710 g/mol. The van der Waals surface area contributed by atoms with Crippen LogP contribution in [0.25, 0.3) is 0 Å². The molecule has 0 saturated heterocycles. The third kappa shape index (κ3) is 9.52. The molecule has 0 radical (unpaired) electrons. The summed E-state index contributed by atoms with van der Waals surface area (Å²) in [5.41, 5.74) is 1.73. The van der Waals surface area contributed by atoms with Crippen LogP contribution >= 0.6 is 11.6 Å². The van der Waals surface area contributed by atoms with Gasteiger partial charge in [-0.3, -0.25) is 13.9 Å². The molecule has 258 valence electrons. The highest BCUT2D eigenvalue weighted by atomic mass is 35.5. The predicted molar refractivity (Wildman–Crippen MR) is 198 cm³/mol. The second-order valence-corrected chi connectivity index (χ2v) is 14.0. The Bertz CT molecular complexity index is 1940. The number of nitrogens with zero attached hydrogens (tertiary/aromatic N) is 2. The van der Waals surface area contributed by atoms with E-state index in [4.69, 9.17) is 16.3 Å². The van der Waals surface area contributed by atoms with Crippen molar-refractivity contribution in [1.29, 1.82) is 0 Å². The van der Waals surface area contributed by atoms with E-state index in [1.165, 1.54) is 17.0 Å². The third-order valence-electron chi connectivity index (χ3n) is 8.11. The molecule has 8 nitrogen and oxygen atoms in total. The number of hydrogen-bond donors (Lipinski definition) is 1. The van der Waals surface area contributed by atoms with Gasteiger partial charge in [0.15, 0.2) is 0 Å². The number of carbonyl (C=O) groups excluding carboxylic acids is 2. The molecular formula is C40H40ClN3O5S. The molecule has 1 N–H and O–H groups in total. The predicted octanol–water partition coefficient (Wildman–Crippen LogP) is 7.88. The summed E-state index contributed by atoms with van der Waals surface area (Å²) in [5.74, 6) is 0.222. The molecular weight excluding hydrogens is 670 g/mol. The number of nitrogens with one attached hydrogen (secondary N) is 1. The zero-order chi connectivity index (χ0) is 35.3. The van der Waals surface area contributed by atoms with Crippen molar-refractivity contribution in [3.63, 3.8) is 0 Å². The summed E-state index contributed by atoms with van der Waals surface area (Å²) in [4.78, 5) is 30.1.